The predicted octanol–water partition coefficient (Wildman–Crippen LogP) is 9.26. The Bertz CT molecular complexity index is 1250. The molecule has 2 aliphatic rings. The van der Waals surface area contributed by atoms with Crippen LogP contribution in [0, 0.1) is 11.8 Å². The van der Waals surface area contributed by atoms with E-state index in [0.717, 1.165) is 55.2 Å². The summed E-state index contributed by atoms with van der Waals surface area (Å²) in [7, 11) is 4.40. The van der Waals surface area contributed by atoms with Gasteiger partial charge in [0.15, 0.2) is 0 Å². The van der Waals surface area contributed by atoms with E-state index in [0.29, 0.717) is 12.4 Å². The first kappa shape index (κ1) is 41.3. The molecule has 2 aliphatic heterocycles. The minimum Gasteiger partial charge on any atom is -0.507 e. The van der Waals surface area contributed by atoms with Gasteiger partial charge >= 0.3 is 11.9 Å². The number of piperidine rings is 2. The number of nitrogens with zero attached hydrogens (tertiary/aromatic N) is 2. The van der Waals surface area contributed by atoms with E-state index < -0.39 is 24.0 Å². The zero-order chi connectivity index (χ0) is 37.8. The number of hydrogen-bond acceptors (Lipinski definition) is 7. The Hall–Kier alpha value is -2.12. The second-order valence-electron chi connectivity index (χ2n) is 20.0. The van der Waals surface area contributed by atoms with Gasteiger partial charge in [0, 0.05) is 34.0 Å². The van der Waals surface area contributed by atoms with Crippen LogP contribution in [0.4, 0.5) is 0 Å². The van der Waals surface area contributed by atoms with Gasteiger partial charge in [-0.25, -0.2) is 0 Å². The molecule has 0 aromatic heterocycles. The molecule has 0 atom stereocenters. The number of aromatic hydroxyl groups is 1. The quantitative estimate of drug-likeness (QED) is 0.158. The molecule has 7 nitrogen and oxygen atoms in total. The molecule has 0 amide bonds. The van der Waals surface area contributed by atoms with Gasteiger partial charge < -0.3 is 14.6 Å². The van der Waals surface area contributed by atoms with Gasteiger partial charge in [-0.3, -0.25) is 19.4 Å². The van der Waals surface area contributed by atoms with E-state index in [1.54, 1.807) is 0 Å². The number of benzene rings is 1. The summed E-state index contributed by atoms with van der Waals surface area (Å²) in [5, 5.41) is 11.9. The number of carbonyl (C=O) groups excluding carboxylic acids is 2. The largest absolute Gasteiger partial charge is 0.507 e. The molecule has 0 radical (unpaired) electrons. The van der Waals surface area contributed by atoms with Gasteiger partial charge in [0.05, 0.1) is 6.61 Å². The van der Waals surface area contributed by atoms with Crippen LogP contribution in [-0.2, 0) is 35.5 Å². The van der Waals surface area contributed by atoms with E-state index in [1.165, 1.54) is 0 Å². The lowest BCUT2D eigenvalue weighted by atomic mass is 9.56. The average molecular weight is 685 g/mol. The number of rotatable bonds is 9. The first-order chi connectivity index (χ1) is 22.0. The van der Waals surface area contributed by atoms with Crippen LogP contribution in [0.1, 0.15) is 165 Å². The number of hydrogen-bond donors (Lipinski definition) is 1. The van der Waals surface area contributed by atoms with Crippen molar-refractivity contribution in [2.24, 2.45) is 11.8 Å². The molecular formula is C42H72N2O5. The Morgan fingerprint density at radius 3 is 1.43 bits per heavy atom. The fraction of sp³-hybridized carbons (Fsp3) is 0.810. The number of carbonyl (C=O) groups is 2. The van der Waals surface area contributed by atoms with Gasteiger partial charge in [-0.15, -0.1) is 0 Å². The van der Waals surface area contributed by atoms with Gasteiger partial charge in [0.2, 0.25) is 0 Å². The number of esters is 2. The van der Waals surface area contributed by atoms with Crippen molar-refractivity contribution in [1.29, 1.82) is 0 Å². The highest BCUT2D eigenvalue weighted by Crippen LogP contribution is 2.59. The van der Waals surface area contributed by atoms with E-state index in [1.807, 2.05) is 6.92 Å². The summed E-state index contributed by atoms with van der Waals surface area (Å²) in [6, 6.07) is 4.27. The van der Waals surface area contributed by atoms with Crippen molar-refractivity contribution in [3.05, 3.63) is 28.8 Å². The van der Waals surface area contributed by atoms with Crippen LogP contribution in [0.2, 0.25) is 0 Å². The third kappa shape index (κ3) is 8.51. The van der Waals surface area contributed by atoms with Crippen LogP contribution in [0.3, 0.4) is 0 Å². The normalized spacial score (nSPS) is 22.1. The maximum absolute atomic E-state index is 14.4. The standard InChI is InChI=1S/C42H72N2O5/c1-18-19-20-48-33(45)23-34(46)49-42(29-24-38(8,9)43(16)39(10,11)25-29,30-26-40(12,13)44(17)41(14,15)27-30)28-21-31(36(2,3)4)35(47)32(22-28)37(5,6)7/h21-22,29-30,47H,18-20,23-27H2,1-17H3. The minimum atomic E-state index is -1.08. The van der Waals surface area contributed by atoms with Crippen LogP contribution in [0.5, 0.6) is 5.75 Å². The summed E-state index contributed by atoms with van der Waals surface area (Å²) in [4.78, 5) is 32.4. The molecule has 1 N–H and O–H groups in total. The van der Waals surface area contributed by atoms with Crippen LogP contribution < -0.4 is 0 Å². The van der Waals surface area contributed by atoms with E-state index in [-0.39, 0.29) is 44.8 Å². The highest BCUT2D eigenvalue weighted by Gasteiger charge is 2.60. The van der Waals surface area contributed by atoms with E-state index >= 15 is 0 Å². The van der Waals surface area contributed by atoms with Gasteiger partial charge in [0.25, 0.3) is 0 Å². The van der Waals surface area contributed by atoms with Gasteiger partial charge in [0.1, 0.15) is 17.8 Å². The predicted molar refractivity (Wildman–Crippen MR) is 201 cm³/mol. The van der Waals surface area contributed by atoms with Gasteiger partial charge in [-0.05, 0) is 141 Å². The molecule has 7 heteroatoms. The molecule has 280 valence electrons. The minimum absolute atomic E-state index is 0.0704. The number of likely N-dealkylation sites (tertiary alicyclic amines) is 2. The zero-order valence-electron chi connectivity index (χ0n) is 34.4. The molecule has 1 aromatic carbocycles. The second-order valence-corrected chi connectivity index (χ2v) is 20.0. The van der Waals surface area contributed by atoms with E-state index in [2.05, 4.69) is 133 Å². The Kier molecular flexibility index (Phi) is 11.6. The maximum atomic E-state index is 14.4. The van der Waals surface area contributed by atoms with Crippen molar-refractivity contribution in [3.63, 3.8) is 0 Å². The molecule has 0 unspecified atom stereocenters. The third-order valence-electron chi connectivity index (χ3n) is 12.3. The Morgan fingerprint density at radius 1 is 0.735 bits per heavy atom. The van der Waals surface area contributed by atoms with Crippen LogP contribution >= 0.6 is 0 Å². The highest BCUT2D eigenvalue weighted by atomic mass is 16.6. The summed E-state index contributed by atoms with van der Waals surface area (Å²) in [5.74, 6) is -0.931. The van der Waals surface area contributed by atoms with Crippen molar-refractivity contribution >= 4 is 11.9 Å². The maximum Gasteiger partial charge on any atom is 0.318 e. The number of phenolic OH excluding ortho intramolecular Hbond substituents is 1. The molecule has 0 bridgehead atoms. The Balaban J connectivity index is 2.49. The molecule has 0 saturated carbocycles. The summed E-state index contributed by atoms with van der Waals surface area (Å²) in [5.41, 5.74) is -0.0284. The fourth-order valence-electron chi connectivity index (χ4n) is 9.11. The Morgan fingerprint density at radius 2 is 1.10 bits per heavy atom. The van der Waals surface area contributed by atoms with Crippen molar-refractivity contribution in [2.45, 2.75) is 187 Å². The molecule has 0 spiro atoms. The van der Waals surface area contributed by atoms with Gasteiger partial charge in [-0.2, -0.15) is 0 Å². The summed E-state index contributed by atoms with van der Waals surface area (Å²) in [6.45, 7) is 33.4. The molecule has 2 heterocycles. The van der Waals surface area contributed by atoms with E-state index in [9.17, 15) is 14.7 Å². The fourth-order valence-corrected chi connectivity index (χ4v) is 9.11. The average Bonchev–Trinajstić information content (AvgIpc) is 2.91. The molecular weight excluding hydrogens is 612 g/mol. The van der Waals surface area contributed by atoms with Crippen LogP contribution in [0.25, 0.3) is 0 Å². The number of phenols is 1. The molecule has 3 rings (SSSR count). The van der Waals surface area contributed by atoms with Crippen molar-refractivity contribution in [3.8, 4) is 5.75 Å². The second kappa shape index (κ2) is 13.8. The monoisotopic (exact) mass is 685 g/mol. The smallest absolute Gasteiger partial charge is 0.318 e. The molecule has 0 aliphatic carbocycles. The topological polar surface area (TPSA) is 79.3 Å². The lowest BCUT2D eigenvalue weighted by Crippen LogP contribution is -2.66. The van der Waals surface area contributed by atoms with Crippen molar-refractivity contribution < 1.29 is 24.2 Å². The van der Waals surface area contributed by atoms with Crippen molar-refractivity contribution in [1.82, 2.24) is 9.80 Å². The van der Waals surface area contributed by atoms with E-state index in [4.69, 9.17) is 9.47 Å². The molecule has 1 aromatic rings. The summed E-state index contributed by atoms with van der Waals surface area (Å²) in [6.07, 6.45) is 4.41. The molecule has 2 fully saturated rings. The van der Waals surface area contributed by atoms with Gasteiger partial charge in [-0.1, -0.05) is 54.9 Å². The Labute approximate surface area is 299 Å². The SMILES string of the molecule is CCCCOC(=O)CC(=O)OC(c1cc(C(C)(C)C)c(O)c(C(C)(C)C)c1)(C1CC(C)(C)N(C)C(C)(C)C1)C1CC(C)(C)N(C)C(C)(C)C1. The molecule has 2 saturated heterocycles. The van der Waals surface area contributed by atoms with Crippen LogP contribution in [-0.4, -0.2) is 69.7 Å². The molecule has 49 heavy (non-hydrogen) atoms. The first-order valence-electron chi connectivity index (χ1n) is 18.8. The third-order valence-corrected chi connectivity index (χ3v) is 12.3. The number of ether oxygens (including phenoxy) is 2. The highest BCUT2D eigenvalue weighted by molar-refractivity contribution is 5.91. The number of unbranched alkanes of at least 4 members (excludes halogenated alkanes) is 1. The first-order valence-corrected chi connectivity index (χ1v) is 18.8. The summed E-state index contributed by atoms with van der Waals surface area (Å²) < 4.78 is 12.6. The zero-order valence-corrected chi connectivity index (χ0v) is 34.4. The van der Waals surface area contributed by atoms with Crippen molar-refractivity contribution in [2.75, 3.05) is 20.7 Å². The van der Waals surface area contributed by atoms with Crippen LogP contribution in [0.15, 0.2) is 12.1 Å². The lowest BCUT2D eigenvalue weighted by molar-refractivity contribution is -0.208. The lowest BCUT2D eigenvalue weighted by Gasteiger charge is -2.62. The summed E-state index contributed by atoms with van der Waals surface area (Å²) >= 11 is 0.